The van der Waals surface area contributed by atoms with Crippen LogP contribution in [0.5, 0.6) is 11.5 Å². The van der Waals surface area contributed by atoms with Gasteiger partial charge >= 0.3 is 0 Å². The summed E-state index contributed by atoms with van der Waals surface area (Å²) < 4.78 is 12.5. The molecule has 110 valence electrons. The second kappa shape index (κ2) is 5.03. The van der Waals surface area contributed by atoms with Crippen LogP contribution in [0.25, 0.3) is 5.65 Å². The van der Waals surface area contributed by atoms with E-state index < -0.39 is 0 Å². The lowest BCUT2D eigenvalue weighted by atomic mass is 10.2. The van der Waals surface area contributed by atoms with Crippen molar-refractivity contribution in [3.05, 3.63) is 48.3 Å². The number of rotatable bonds is 2. The lowest BCUT2D eigenvalue weighted by Gasteiger charge is -2.18. The van der Waals surface area contributed by atoms with Gasteiger partial charge in [-0.3, -0.25) is 4.79 Å². The Bertz CT molecular complexity index is 859. The fourth-order valence-corrected chi connectivity index (χ4v) is 2.30. The maximum Gasteiger partial charge on any atom is 0.256 e. The molecule has 2 aromatic heterocycles. The number of hydrogen-bond donors (Lipinski definition) is 1. The van der Waals surface area contributed by atoms with Crippen molar-refractivity contribution in [3.63, 3.8) is 0 Å². The highest BCUT2D eigenvalue weighted by atomic mass is 16.6. The predicted octanol–water partition coefficient (Wildman–Crippen LogP) is 1.75. The Balaban J connectivity index is 1.63. The lowest BCUT2D eigenvalue weighted by Crippen LogP contribution is -2.18. The number of benzene rings is 1. The number of fused-ring (bicyclic) bond motifs is 2. The summed E-state index contributed by atoms with van der Waals surface area (Å²) in [6.07, 6.45) is 3.25. The van der Waals surface area contributed by atoms with E-state index in [0.717, 1.165) is 0 Å². The smallest absolute Gasteiger partial charge is 0.256 e. The first-order chi connectivity index (χ1) is 10.8. The van der Waals surface area contributed by atoms with E-state index in [1.165, 1.54) is 0 Å². The molecule has 0 aliphatic carbocycles. The Labute approximate surface area is 125 Å². The molecule has 22 heavy (non-hydrogen) atoms. The van der Waals surface area contributed by atoms with Crippen LogP contribution in [-0.4, -0.2) is 33.7 Å². The monoisotopic (exact) mass is 296 g/mol. The molecular formula is C15H12N4O3. The van der Waals surface area contributed by atoms with Gasteiger partial charge in [0.25, 0.3) is 5.91 Å². The third-order valence-corrected chi connectivity index (χ3v) is 3.34. The topological polar surface area (TPSA) is 77.8 Å². The molecule has 7 heteroatoms. The van der Waals surface area contributed by atoms with Crippen LogP contribution in [0.3, 0.4) is 0 Å². The number of carbonyl (C=O) groups is 1. The summed E-state index contributed by atoms with van der Waals surface area (Å²) in [5.74, 6) is 1.54. The number of nitrogens with one attached hydrogen (secondary N) is 1. The summed E-state index contributed by atoms with van der Waals surface area (Å²) in [4.78, 5) is 16.5. The van der Waals surface area contributed by atoms with Gasteiger partial charge in [-0.25, -0.2) is 4.98 Å². The third kappa shape index (κ3) is 2.12. The number of carbonyl (C=O) groups excluding carboxylic acids is 1. The van der Waals surface area contributed by atoms with Crippen LogP contribution in [0.15, 0.2) is 42.7 Å². The molecule has 0 bridgehead atoms. The first kappa shape index (κ1) is 12.6. The Hall–Kier alpha value is -3.09. The minimum Gasteiger partial charge on any atom is -0.486 e. The van der Waals surface area contributed by atoms with Gasteiger partial charge in [0.15, 0.2) is 17.1 Å². The lowest BCUT2D eigenvalue weighted by molar-refractivity contribution is 0.102. The van der Waals surface area contributed by atoms with E-state index in [2.05, 4.69) is 15.4 Å². The molecule has 4 rings (SSSR count). The van der Waals surface area contributed by atoms with Crippen molar-refractivity contribution in [2.45, 2.75) is 0 Å². The average molecular weight is 296 g/mol. The second-order valence-electron chi connectivity index (χ2n) is 4.74. The fraction of sp³-hybridized carbons (Fsp3) is 0.133. The van der Waals surface area contributed by atoms with Crippen LogP contribution in [-0.2, 0) is 0 Å². The summed E-state index contributed by atoms with van der Waals surface area (Å²) in [6.45, 7) is 1.00. The van der Waals surface area contributed by atoms with E-state index in [-0.39, 0.29) is 5.91 Å². The highest BCUT2D eigenvalue weighted by Crippen LogP contribution is 2.30. The SMILES string of the molecule is O=C(Nc1ccnc2ccnn12)c1ccc2c(c1)OCCO2. The van der Waals surface area contributed by atoms with E-state index >= 15 is 0 Å². The van der Waals surface area contributed by atoms with Crippen molar-refractivity contribution in [1.29, 1.82) is 0 Å². The van der Waals surface area contributed by atoms with Gasteiger partial charge in [-0.05, 0) is 24.3 Å². The summed E-state index contributed by atoms with van der Waals surface area (Å²) in [5.41, 5.74) is 1.15. The van der Waals surface area contributed by atoms with Crippen LogP contribution < -0.4 is 14.8 Å². The van der Waals surface area contributed by atoms with Gasteiger partial charge in [0.05, 0.1) is 6.20 Å². The summed E-state index contributed by atoms with van der Waals surface area (Å²) >= 11 is 0. The molecule has 0 spiro atoms. The normalized spacial score (nSPS) is 13.1. The molecule has 1 aliphatic heterocycles. The van der Waals surface area contributed by atoms with E-state index in [1.807, 2.05) is 0 Å². The van der Waals surface area contributed by atoms with Crippen LogP contribution in [0.2, 0.25) is 0 Å². The number of nitrogens with zero attached hydrogens (tertiary/aromatic N) is 3. The van der Waals surface area contributed by atoms with Crippen LogP contribution in [0.1, 0.15) is 10.4 Å². The largest absolute Gasteiger partial charge is 0.486 e. The van der Waals surface area contributed by atoms with E-state index in [9.17, 15) is 4.79 Å². The molecule has 0 radical (unpaired) electrons. The van der Waals surface area contributed by atoms with Gasteiger partial charge in [-0.1, -0.05) is 0 Å². The molecule has 1 aromatic carbocycles. The molecular weight excluding hydrogens is 284 g/mol. The fourth-order valence-electron chi connectivity index (χ4n) is 2.30. The van der Waals surface area contributed by atoms with Crippen molar-refractivity contribution >= 4 is 17.4 Å². The Morgan fingerprint density at radius 3 is 2.86 bits per heavy atom. The standard InChI is InChI=1S/C15H12N4O3/c20-15(10-1-2-11-12(9-10)22-8-7-21-11)18-14-3-5-16-13-4-6-17-19(13)14/h1-6,9H,7-8H2,(H,18,20). The van der Waals surface area contributed by atoms with Gasteiger partial charge < -0.3 is 14.8 Å². The first-order valence-electron chi connectivity index (χ1n) is 6.81. The van der Waals surface area contributed by atoms with Crippen molar-refractivity contribution in [2.24, 2.45) is 0 Å². The third-order valence-electron chi connectivity index (χ3n) is 3.34. The summed E-state index contributed by atoms with van der Waals surface area (Å²) in [7, 11) is 0. The van der Waals surface area contributed by atoms with E-state index in [0.29, 0.717) is 41.7 Å². The Morgan fingerprint density at radius 2 is 1.95 bits per heavy atom. The van der Waals surface area contributed by atoms with Gasteiger partial charge in [0, 0.05) is 17.8 Å². The molecule has 0 saturated heterocycles. The van der Waals surface area contributed by atoms with Gasteiger partial charge in [-0.2, -0.15) is 9.61 Å². The highest BCUT2D eigenvalue weighted by Gasteiger charge is 2.15. The number of anilines is 1. The van der Waals surface area contributed by atoms with Gasteiger partial charge in [0.1, 0.15) is 19.0 Å². The van der Waals surface area contributed by atoms with Gasteiger partial charge in [-0.15, -0.1) is 0 Å². The number of aromatic nitrogens is 3. The molecule has 7 nitrogen and oxygen atoms in total. The zero-order chi connectivity index (χ0) is 14.9. The number of ether oxygens (including phenoxy) is 2. The number of hydrogen-bond acceptors (Lipinski definition) is 5. The van der Waals surface area contributed by atoms with Crippen molar-refractivity contribution in [1.82, 2.24) is 14.6 Å². The summed E-state index contributed by atoms with van der Waals surface area (Å²) in [5, 5.41) is 6.95. The maximum atomic E-state index is 12.4. The molecule has 1 N–H and O–H groups in total. The molecule has 3 heterocycles. The second-order valence-corrected chi connectivity index (χ2v) is 4.74. The molecule has 1 amide bonds. The summed E-state index contributed by atoms with van der Waals surface area (Å²) in [6, 6.07) is 8.56. The van der Waals surface area contributed by atoms with Crippen molar-refractivity contribution < 1.29 is 14.3 Å². The Morgan fingerprint density at radius 1 is 1.09 bits per heavy atom. The van der Waals surface area contributed by atoms with Crippen LogP contribution in [0, 0.1) is 0 Å². The van der Waals surface area contributed by atoms with Crippen molar-refractivity contribution in [3.8, 4) is 11.5 Å². The Kier molecular flexibility index (Phi) is 2.89. The molecule has 0 atom stereocenters. The van der Waals surface area contributed by atoms with E-state index in [4.69, 9.17) is 9.47 Å². The molecule has 0 saturated carbocycles. The zero-order valence-corrected chi connectivity index (χ0v) is 11.5. The molecule has 3 aromatic rings. The predicted molar refractivity (Wildman–Crippen MR) is 78.4 cm³/mol. The average Bonchev–Trinajstić information content (AvgIpc) is 3.04. The quantitative estimate of drug-likeness (QED) is 0.779. The van der Waals surface area contributed by atoms with E-state index in [1.54, 1.807) is 47.2 Å². The highest BCUT2D eigenvalue weighted by molar-refractivity contribution is 6.04. The maximum absolute atomic E-state index is 12.4. The molecule has 1 aliphatic rings. The first-order valence-corrected chi connectivity index (χ1v) is 6.81. The van der Waals surface area contributed by atoms with Crippen LogP contribution in [0.4, 0.5) is 5.82 Å². The van der Waals surface area contributed by atoms with Gasteiger partial charge in [0.2, 0.25) is 0 Å². The van der Waals surface area contributed by atoms with Crippen LogP contribution >= 0.6 is 0 Å². The molecule has 0 fully saturated rings. The molecule has 0 unspecified atom stereocenters. The van der Waals surface area contributed by atoms with Crippen molar-refractivity contribution in [2.75, 3.05) is 18.5 Å². The number of amides is 1. The minimum absolute atomic E-state index is 0.250. The zero-order valence-electron chi connectivity index (χ0n) is 11.5. The minimum atomic E-state index is -0.250.